The molecule has 0 bridgehead atoms. The fraction of sp³-hybridized carbons (Fsp3) is 0. The molecule has 17 heavy (non-hydrogen) atoms. The number of imidazole rings is 1. The molecule has 0 saturated carbocycles. The molecule has 0 radical (unpaired) electrons. The highest BCUT2D eigenvalue weighted by Crippen LogP contribution is 2.26. The summed E-state index contributed by atoms with van der Waals surface area (Å²) in [6.45, 7) is 0. The van der Waals surface area contributed by atoms with Crippen LogP contribution in [0.25, 0.3) is 16.8 Å². The first-order valence-electron chi connectivity index (χ1n) is 5.22. The van der Waals surface area contributed by atoms with E-state index in [9.17, 15) is 4.39 Å². The van der Waals surface area contributed by atoms with Crippen molar-refractivity contribution in [1.29, 1.82) is 0 Å². The van der Waals surface area contributed by atoms with Crippen molar-refractivity contribution in [3.05, 3.63) is 54.7 Å². The largest absolute Gasteiger partial charge is 0.398 e. The van der Waals surface area contributed by atoms with Gasteiger partial charge in [0.1, 0.15) is 11.5 Å². The standard InChI is InChI=1S/C13H10FN3/c14-10-2-3-11(12(15)7-10)9-1-4-13-16-5-6-17(13)8-9/h1-8H,15H2. The molecule has 0 spiro atoms. The summed E-state index contributed by atoms with van der Waals surface area (Å²) < 4.78 is 14.9. The third-order valence-electron chi connectivity index (χ3n) is 2.71. The number of fused-ring (bicyclic) bond motifs is 1. The summed E-state index contributed by atoms with van der Waals surface area (Å²) in [5.41, 5.74) is 8.87. The maximum Gasteiger partial charge on any atom is 0.136 e. The lowest BCUT2D eigenvalue weighted by atomic mass is 10.1. The van der Waals surface area contributed by atoms with Crippen LogP contribution in [0.4, 0.5) is 10.1 Å². The number of pyridine rings is 1. The van der Waals surface area contributed by atoms with Crippen LogP contribution in [-0.2, 0) is 0 Å². The highest BCUT2D eigenvalue weighted by molar-refractivity contribution is 5.76. The second-order valence-electron chi connectivity index (χ2n) is 3.84. The van der Waals surface area contributed by atoms with Gasteiger partial charge in [-0.1, -0.05) is 0 Å². The molecule has 3 rings (SSSR count). The molecule has 2 aromatic heterocycles. The van der Waals surface area contributed by atoms with Gasteiger partial charge in [-0.25, -0.2) is 9.37 Å². The van der Waals surface area contributed by atoms with Crippen LogP contribution in [0, 0.1) is 5.82 Å². The van der Waals surface area contributed by atoms with E-state index in [4.69, 9.17) is 5.73 Å². The SMILES string of the molecule is Nc1cc(F)ccc1-c1ccc2nccn2c1. The Morgan fingerprint density at radius 1 is 1.18 bits per heavy atom. The van der Waals surface area contributed by atoms with Crippen molar-refractivity contribution in [2.45, 2.75) is 0 Å². The van der Waals surface area contributed by atoms with E-state index in [1.807, 2.05) is 28.9 Å². The molecule has 0 atom stereocenters. The Morgan fingerprint density at radius 3 is 2.88 bits per heavy atom. The van der Waals surface area contributed by atoms with Crippen LogP contribution in [0.5, 0.6) is 0 Å². The van der Waals surface area contributed by atoms with Crippen molar-refractivity contribution in [3.63, 3.8) is 0 Å². The van der Waals surface area contributed by atoms with Gasteiger partial charge in [0.2, 0.25) is 0 Å². The molecule has 0 unspecified atom stereocenters. The average Bonchev–Trinajstić information content (AvgIpc) is 2.75. The van der Waals surface area contributed by atoms with Gasteiger partial charge in [0.25, 0.3) is 0 Å². The topological polar surface area (TPSA) is 43.3 Å². The zero-order valence-electron chi connectivity index (χ0n) is 8.97. The normalized spacial score (nSPS) is 10.9. The van der Waals surface area contributed by atoms with Gasteiger partial charge in [0, 0.05) is 35.4 Å². The van der Waals surface area contributed by atoms with E-state index < -0.39 is 0 Å². The third kappa shape index (κ3) is 1.63. The molecular weight excluding hydrogens is 217 g/mol. The monoisotopic (exact) mass is 227 g/mol. The Morgan fingerprint density at radius 2 is 2.06 bits per heavy atom. The predicted molar refractivity (Wildman–Crippen MR) is 65.0 cm³/mol. The Hall–Kier alpha value is -2.36. The van der Waals surface area contributed by atoms with Crippen LogP contribution in [0.1, 0.15) is 0 Å². The van der Waals surface area contributed by atoms with Gasteiger partial charge in [-0.2, -0.15) is 0 Å². The molecular formula is C13H10FN3. The molecule has 0 aliphatic heterocycles. The highest BCUT2D eigenvalue weighted by atomic mass is 19.1. The van der Waals surface area contributed by atoms with Crippen molar-refractivity contribution < 1.29 is 4.39 Å². The number of hydrogen-bond acceptors (Lipinski definition) is 2. The summed E-state index contributed by atoms with van der Waals surface area (Å²) in [4.78, 5) is 4.16. The lowest BCUT2D eigenvalue weighted by Crippen LogP contribution is -1.92. The lowest BCUT2D eigenvalue weighted by molar-refractivity contribution is 0.628. The fourth-order valence-electron chi connectivity index (χ4n) is 1.88. The van der Waals surface area contributed by atoms with Gasteiger partial charge >= 0.3 is 0 Å². The van der Waals surface area contributed by atoms with E-state index in [2.05, 4.69) is 4.98 Å². The number of nitrogens with two attached hydrogens (primary N) is 1. The van der Waals surface area contributed by atoms with Gasteiger partial charge in [0.15, 0.2) is 0 Å². The van der Waals surface area contributed by atoms with Crippen LogP contribution in [-0.4, -0.2) is 9.38 Å². The zero-order chi connectivity index (χ0) is 11.8. The van der Waals surface area contributed by atoms with Gasteiger partial charge in [0.05, 0.1) is 0 Å². The van der Waals surface area contributed by atoms with Crippen LogP contribution >= 0.6 is 0 Å². The molecule has 3 nitrogen and oxygen atoms in total. The van der Waals surface area contributed by atoms with E-state index in [-0.39, 0.29) is 5.82 Å². The first kappa shape index (κ1) is 9.84. The summed E-state index contributed by atoms with van der Waals surface area (Å²) in [7, 11) is 0. The number of rotatable bonds is 1. The molecule has 0 fully saturated rings. The Kier molecular flexibility index (Phi) is 2.08. The molecule has 4 heteroatoms. The molecule has 0 aliphatic rings. The predicted octanol–water partition coefficient (Wildman–Crippen LogP) is 2.72. The summed E-state index contributed by atoms with van der Waals surface area (Å²) in [6, 6.07) is 8.24. The highest BCUT2D eigenvalue weighted by Gasteiger charge is 2.05. The van der Waals surface area contributed by atoms with E-state index >= 15 is 0 Å². The number of hydrogen-bond donors (Lipinski definition) is 1. The lowest BCUT2D eigenvalue weighted by Gasteiger charge is -2.06. The Bertz CT molecular complexity index is 688. The fourth-order valence-corrected chi connectivity index (χ4v) is 1.88. The van der Waals surface area contributed by atoms with E-state index in [1.165, 1.54) is 12.1 Å². The quantitative estimate of drug-likeness (QED) is 0.649. The first-order valence-corrected chi connectivity index (χ1v) is 5.22. The molecule has 0 amide bonds. The van der Waals surface area contributed by atoms with Crippen molar-refractivity contribution in [3.8, 4) is 11.1 Å². The Labute approximate surface area is 97.3 Å². The minimum atomic E-state index is -0.324. The minimum absolute atomic E-state index is 0.324. The third-order valence-corrected chi connectivity index (χ3v) is 2.71. The van der Waals surface area contributed by atoms with E-state index in [1.54, 1.807) is 12.3 Å². The zero-order valence-corrected chi connectivity index (χ0v) is 8.97. The number of benzene rings is 1. The Balaban J connectivity index is 2.19. The van der Waals surface area contributed by atoms with Crippen molar-refractivity contribution >= 4 is 11.3 Å². The number of aromatic nitrogens is 2. The summed E-state index contributed by atoms with van der Waals surface area (Å²) in [5, 5.41) is 0. The van der Waals surface area contributed by atoms with Crippen LogP contribution in [0.2, 0.25) is 0 Å². The molecule has 0 aliphatic carbocycles. The van der Waals surface area contributed by atoms with Crippen molar-refractivity contribution in [2.24, 2.45) is 0 Å². The van der Waals surface area contributed by atoms with Gasteiger partial charge in [-0.3, -0.25) is 0 Å². The van der Waals surface area contributed by atoms with E-state index in [0.717, 1.165) is 16.8 Å². The van der Waals surface area contributed by atoms with Gasteiger partial charge in [-0.15, -0.1) is 0 Å². The van der Waals surface area contributed by atoms with Crippen LogP contribution < -0.4 is 5.73 Å². The van der Waals surface area contributed by atoms with E-state index in [0.29, 0.717) is 5.69 Å². The molecule has 2 heterocycles. The van der Waals surface area contributed by atoms with Crippen molar-refractivity contribution in [1.82, 2.24) is 9.38 Å². The molecule has 0 saturated heterocycles. The number of anilines is 1. The smallest absolute Gasteiger partial charge is 0.136 e. The van der Waals surface area contributed by atoms with Crippen LogP contribution in [0.3, 0.4) is 0 Å². The molecule has 84 valence electrons. The molecule has 3 aromatic rings. The van der Waals surface area contributed by atoms with Gasteiger partial charge in [-0.05, 0) is 30.3 Å². The maximum atomic E-state index is 13.0. The summed E-state index contributed by atoms with van der Waals surface area (Å²) >= 11 is 0. The maximum absolute atomic E-state index is 13.0. The number of halogens is 1. The second kappa shape index (κ2) is 3.59. The second-order valence-corrected chi connectivity index (χ2v) is 3.84. The number of nitrogens with zero attached hydrogens (tertiary/aromatic N) is 2. The number of nitrogen functional groups attached to an aromatic ring is 1. The average molecular weight is 227 g/mol. The summed E-state index contributed by atoms with van der Waals surface area (Å²) in [5.74, 6) is -0.324. The minimum Gasteiger partial charge on any atom is -0.398 e. The molecule has 1 aromatic carbocycles. The van der Waals surface area contributed by atoms with Gasteiger partial charge < -0.3 is 10.1 Å². The van der Waals surface area contributed by atoms with Crippen molar-refractivity contribution in [2.75, 3.05) is 5.73 Å². The molecule has 2 N–H and O–H groups in total. The van der Waals surface area contributed by atoms with Crippen LogP contribution in [0.15, 0.2) is 48.9 Å². The summed E-state index contributed by atoms with van der Waals surface area (Å²) in [6.07, 6.45) is 5.51. The first-order chi connectivity index (χ1) is 8.24.